The Morgan fingerprint density at radius 2 is 1.71 bits per heavy atom. The number of benzene rings is 2. The largest absolute Gasteiger partial charge is 0.493 e. The van der Waals surface area contributed by atoms with Crippen LogP contribution < -0.4 is 4.74 Å². The molecule has 1 amide bonds. The Bertz CT molecular complexity index is 1000. The van der Waals surface area contributed by atoms with Crippen molar-refractivity contribution in [2.24, 2.45) is 11.8 Å². The van der Waals surface area contributed by atoms with Crippen LogP contribution in [0.15, 0.2) is 53.4 Å². The zero-order valence-corrected chi connectivity index (χ0v) is 21.3. The smallest absolute Gasteiger partial charge is 0.254 e. The Hall–Kier alpha value is -2.31. The Morgan fingerprint density at radius 1 is 0.943 bits per heavy atom. The molecule has 0 bridgehead atoms. The van der Waals surface area contributed by atoms with Gasteiger partial charge in [0.2, 0.25) is 0 Å². The molecule has 2 heterocycles. The van der Waals surface area contributed by atoms with E-state index in [-0.39, 0.29) is 5.91 Å². The van der Waals surface area contributed by atoms with Gasteiger partial charge in [-0.3, -0.25) is 9.59 Å². The van der Waals surface area contributed by atoms with E-state index in [1.165, 1.54) is 32.1 Å². The number of hydrogen-bond donors (Lipinski definition) is 0. The summed E-state index contributed by atoms with van der Waals surface area (Å²) in [5.74, 6) is 2.27. The topological polar surface area (TPSA) is 49.9 Å². The van der Waals surface area contributed by atoms with Gasteiger partial charge in [-0.2, -0.15) is 0 Å². The summed E-state index contributed by atoms with van der Waals surface area (Å²) >= 11 is 1.73. The van der Waals surface area contributed by atoms with Crippen LogP contribution in [0.1, 0.15) is 72.1 Å². The maximum atomic E-state index is 13.2. The van der Waals surface area contributed by atoms with Crippen molar-refractivity contribution in [3.8, 4) is 5.75 Å². The van der Waals surface area contributed by atoms with Crippen molar-refractivity contribution in [2.75, 3.05) is 26.2 Å². The fourth-order valence-electron chi connectivity index (χ4n) is 5.91. The van der Waals surface area contributed by atoms with Gasteiger partial charge in [0.1, 0.15) is 12.0 Å². The average molecular weight is 493 g/mol. The minimum absolute atomic E-state index is 0.191. The van der Waals surface area contributed by atoms with E-state index in [0.29, 0.717) is 24.5 Å². The van der Waals surface area contributed by atoms with E-state index >= 15 is 0 Å². The molecule has 186 valence electrons. The number of fused-ring (bicyclic) bond motifs is 1. The standard InChI is InChI=1S/C29H36N2O3S/c32-20-23-5-3-8-27(19-23)35-30-17-14-22(15-18-30)21-34-26-12-10-25(11-13-26)29(33)31-16-4-7-24-6-1-2-9-28(24)31/h3,5,8,10-13,19-20,22,24,28H,1-2,4,6-7,9,14-18,21H2. The SMILES string of the molecule is O=Cc1cccc(SN2CCC(COc3ccc(C(=O)N4CCCC5CCCCC54)cc3)CC2)c1. The van der Waals surface area contributed by atoms with Crippen molar-refractivity contribution in [1.82, 2.24) is 9.21 Å². The Kier molecular flexibility index (Phi) is 8.09. The van der Waals surface area contributed by atoms with Gasteiger partial charge in [-0.15, -0.1) is 0 Å². The number of likely N-dealkylation sites (tertiary alicyclic amines) is 1. The molecule has 6 heteroatoms. The number of aldehydes is 1. The van der Waals surface area contributed by atoms with Crippen LogP contribution in [0.3, 0.4) is 0 Å². The minimum Gasteiger partial charge on any atom is -0.493 e. The third-order valence-corrected chi connectivity index (χ3v) is 8.98. The van der Waals surface area contributed by atoms with Crippen molar-refractivity contribution in [1.29, 1.82) is 0 Å². The van der Waals surface area contributed by atoms with Crippen molar-refractivity contribution in [3.63, 3.8) is 0 Å². The third kappa shape index (κ3) is 6.10. The second-order valence-corrected chi connectivity index (χ2v) is 11.4. The van der Waals surface area contributed by atoms with Crippen molar-refractivity contribution >= 4 is 24.1 Å². The van der Waals surface area contributed by atoms with Crippen LogP contribution in [-0.4, -0.2) is 53.7 Å². The van der Waals surface area contributed by atoms with Crippen LogP contribution >= 0.6 is 11.9 Å². The summed E-state index contributed by atoms with van der Waals surface area (Å²) in [5.41, 5.74) is 1.51. The predicted molar refractivity (Wildman–Crippen MR) is 140 cm³/mol. The molecule has 2 aromatic rings. The molecule has 35 heavy (non-hydrogen) atoms. The minimum atomic E-state index is 0.191. The van der Waals surface area contributed by atoms with Crippen molar-refractivity contribution in [3.05, 3.63) is 59.7 Å². The van der Waals surface area contributed by atoms with Gasteiger partial charge in [-0.25, -0.2) is 4.31 Å². The molecule has 2 saturated heterocycles. The molecule has 0 spiro atoms. The number of carbonyl (C=O) groups excluding carboxylic acids is 2. The first-order valence-electron chi connectivity index (χ1n) is 13.2. The molecule has 0 aromatic heterocycles. The summed E-state index contributed by atoms with van der Waals surface area (Å²) in [6, 6.07) is 16.0. The van der Waals surface area contributed by atoms with Gasteiger partial charge < -0.3 is 9.64 Å². The zero-order valence-electron chi connectivity index (χ0n) is 20.4. The van der Waals surface area contributed by atoms with Crippen LogP contribution in [0.4, 0.5) is 0 Å². The molecule has 3 fully saturated rings. The Labute approximate surface area is 213 Å². The van der Waals surface area contributed by atoms with Crippen LogP contribution in [0, 0.1) is 11.8 Å². The maximum Gasteiger partial charge on any atom is 0.254 e. The fraction of sp³-hybridized carbons (Fsp3) is 0.517. The van der Waals surface area contributed by atoms with E-state index in [1.807, 2.05) is 42.5 Å². The first-order chi connectivity index (χ1) is 17.2. The second-order valence-electron chi connectivity index (χ2n) is 10.2. The van der Waals surface area contributed by atoms with Crippen LogP contribution in [-0.2, 0) is 0 Å². The molecule has 0 radical (unpaired) electrons. The van der Waals surface area contributed by atoms with E-state index in [1.54, 1.807) is 11.9 Å². The number of rotatable bonds is 7. The van der Waals surface area contributed by atoms with Gasteiger partial charge in [0, 0.05) is 41.7 Å². The molecule has 5 nitrogen and oxygen atoms in total. The predicted octanol–water partition coefficient (Wildman–Crippen LogP) is 6.09. The summed E-state index contributed by atoms with van der Waals surface area (Å²) in [7, 11) is 0. The van der Waals surface area contributed by atoms with E-state index < -0.39 is 0 Å². The lowest BCUT2D eigenvalue weighted by molar-refractivity contribution is 0.0390. The van der Waals surface area contributed by atoms with Gasteiger partial charge in [0.25, 0.3) is 5.91 Å². The second kappa shape index (κ2) is 11.6. The Morgan fingerprint density at radius 3 is 2.51 bits per heavy atom. The summed E-state index contributed by atoms with van der Waals surface area (Å²) in [4.78, 5) is 27.5. The number of nitrogens with zero attached hydrogens (tertiary/aromatic N) is 2. The van der Waals surface area contributed by atoms with E-state index in [2.05, 4.69) is 15.3 Å². The molecule has 1 aliphatic carbocycles. The molecule has 2 atom stereocenters. The number of ether oxygens (including phenoxy) is 1. The van der Waals surface area contributed by atoms with Gasteiger partial charge >= 0.3 is 0 Å². The molecule has 5 rings (SSSR count). The molecule has 2 aliphatic heterocycles. The number of carbonyl (C=O) groups is 2. The number of hydrogen-bond acceptors (Lipinski definition) is 5. The molecule has 1 saturated carbocycles. The highest BCUT2D eigenvalue weighted by Crippen LogP contribution is 2.36. The zero-order chi connectivity index (χ0) is 24.0. The molecular formula is C29H36N2O3S. The lowest BCUT2D eigenvalue weighted by Crippen LogP contribution is -2.49. The molecule has 3 aliphatic rings. The van der Waals surface area contributed by atoms with Gasteiger partial charge in [0.15, 0.2) is 0 Å². The van der Waals surface area contributed by atoms with Crippen LogP contribution in [0.25, 0.3) is 0 Å². The number of amides is 1. The quantitative estimate of drug-likeness (QED) is 0.346. The maximum absolute atomic E-state index is 13.2. The van der Waals surface area contributed by atoms with E-state index in [0.717, 1.165) is 67.0 Å². The van der Waals surface area contributed by atoms with E-state index in [4.69, 9.17) is 4.74 Å². The normalized spacial score (nSPS) is 23.5. The summed E-state index contributed by atoms with van der Waals surface area (Å²) in [6.45, 7) is 3.63. The first-order valence-corrected chi connectivity index (χ1v) is 14.0. The van der Waals surface area contributed by atoms with Crippen molar-refractivity contribution in [2.45, 2.75) is 62.3 Å². The lowest BCUT2D eigenvalue weighted by atomic mass is 9.78. The van der Waals surface area contributed by atoms with E-state index in [9.17, 15) is 9.59 Å². The summed E-state index contributed by atoms with van der Waals surface area (Å²) in [6.07, 6.45) is 10.5. The van der Waals surface area contributed by atoms with Gasteiger partial charge in [-0.1, -0.05) is 25.0 Å². The Balaban J connectivity index is 1.08. The van der Waals surface area contributed by atoms with Gasteiger partial charge in [-0.05, 0) is 98.7 Å². The highest BCUT2D eigenvalue weighted by Gasteiger charge is 2.35. The first kappa shape index (κ1) is 24.4. The van der Waals surface area contributed by atoms with Gasteiger partial charge in [0.05, 0.1) is 6.61 Å². The fourth-order valence-corrected chi connectivity index (χ4v) is 6.93. The monoisotopic (exact) mass is 492 g/mol. The highest BCUT2D eigenvalue weighted by atomic mass is 32.2. The molecular weight excluding hydrogens is 456 g/mol. The summed E-state index contributed by atoms with van der Waals surface area (Å²) in [5, 5.41) is 0. The molecule has 2 unspecified atom stereocenters. The summed E-state index contributed by atoms with van der Waals surface area (Å²) < 4.78 is 8.48. The highest BCUT2D eigenvalue weighted by molar-refractivity contribution is 7.97. The molecule has 0 N–H and O–H groups in total. The average Bonchev–Trinajstić information content (AvgIpc) is 2.92. The van der Waals surface area contributed by atoms with Crippen LogP contribution in [0.5, 0.6) is 5.75 Å². The number of piperidine rings is 2. The van der Waals surface area contributed by atoms with Crippen LogP contribution in [0.2, 0.25) is 0 Å². The lowest BCUT2D eigenvalue weighted by Gasteiger charge is -2.44. The van der Waals surface area contributed by atoms with Crippen molar-refractivity contribution < 1.29 is 14.3 Å². The third-order valence-electron chi connectivity index (χ3n) is 7.89. The molecule has 2 aromatic carbocycles.